The molecule has 16 heavy (non-hydrogen) atoms. The first kappa shape index (κ1) is 11.1. The van der Waals surface area contributed by atoms with E-state index in [0.717, 1.165) is 16.3 Å². The smallest absolute Gasteiger partial charge is 0.162 e. The molecule has 0 aliphatic carbocycles. The summed E-state index contributed by atoms with van der Waals surface area (Å²) in [5.74, 6) is 0.110. The normalized spacial score (nSPS) is 21.0. The Balaban J connectivity index is 2.12. The van der Waals surface area contributed by atoms with Gasteiger partial charge in [-0.2, -0.15) is 0 Å². The third-order valence-electron chi connectivity index (χ3n) is 2.40. The molecule has 0 saturated carbocycles. The summed E-state index contributed by atoms with van der Waals surface area (Å²) in [6, 6.07) is 0. The maximum atomic E-state index is 11.2. The lowest BCUT2D eigenvalue weighted by atomic mass is 10.0. The van der Waals surface area contributed by atoms with Crippen LogP contribution in [-0.4, -0.2) is 16.9 Å². The van der Waals surface area contributed by atoms with E-state index in [1.807, 2.05) is 25.3 Å². The summed E-state index contributed by atoms with van der Waals surface area (Å²) in [6.07, 6.45) is 5.19. The Morgan fingerprint density at radius 2 is 2.50 bits per heavy atom. The van der Waals surface area contributed by atoms with Gasteiger partial charge in [0.15, 0.2) is 5.78 Å². The zero-order valence-electron chi connectivity index (χ0n) is 9.27. The van der Waals surface area contributed by atoms with E-state index < -0.39 is 0 Å². The van der Waals surface area contributed by atoms with Crippen molar-refractivity contribution >= 4 is 23.2 Å². The monoisotopic (exact) mass is 235 g/mol. The number of carbonyl (C=O) groups excluding carboxylic acids is 1. The van der Waals surface area contributed by atoms with E-state index >= 15 is 0 Å². The minimum atomic E-state index is -0.139. The highest BCUT2D eigenvalue weighted by atomic mass is 32.1. The van der Waals surface area contributed by atoms with Crippen LogP contribution in [0.3, 0.4) is 0 Å². The second-order valence-corrected chi connectivity index (χ2v) is 4.84. The number of aryl methyl sites for hydroxylation is 1. The van der Waals surface area contributed by atoms with Crippen molar-refractivity contribution < 1.29 is 9.53 Å². The van der Waals surface area contributed by atoms with E-state index in [4.69, 9.17) is 4.74 Å². The topological polar surface area (TPSA) is 39.2 Å². The van der Waals surface area contributed by atoms with Crippen LogP contribution in [-0.2, 0) is 9.53 Å². The number of rotatable bonds is 2. The van der Waals surface area contributed by atoms with Crippen LogP contribution in [0.15, 0.2) is 23.3 Å². The molecule has 0 aromatic carbocycles. The van der Waals surface area contributed by atoms with Crippen LogP contribution in [0.2, 0.25) is 0 Å². The molecule has 84 valence electrons. The number of hydrogen-bond donors (Lipinski definition) is 0. The van der Waals surface area contributed by atoms with Crippen molar-refractivity contribution in [3.8, 4) is 0 Å². The Kier molecular flexibility index (Phi) is 3.19. The van der Waals surface area contributed by atoms with Crippen LogP contribution >= 0.6 is 11.3 Å². The Hall–Kier alpha value is -1.42. The summed E-state index contributed by atoms with van der Waals surface area (Å²) in [5, 5.41) is 3.04. The van der Waals surface area contributed by atoms with Gasteiger partial charge < -0.3 is 4.74 Å². The van der Waals surface area contributed by atoms with Gasteiger partial charge in [0.2, 0.25) is 0 Å². The van der Waals surface area contributed by atoms with E-state index in [9.17, 15) is 4.79 Å². The summed E-state index contributed by atoms with van der Waals surface area (Å²) in [7, 11) is 0. The predicted octanol–water partition coefficient (Wildman–Crippen LogP) is 2.73. The Labute approximate surface area is 98.5 Å². The lowest BCUT2D eigenvalue weighted by Gasteiger charge is -2.19. The predicted molar refractivity (Wildman–Crippen MR) is 64.1 cm³/mol. The average Bonchev–Trinajstić information content (AvgIpc) is 2.64. The number of allylic oxidation sites excluding steroid dienone is 1. The average molecular weight is 235 g/mol. The number of nitrogens with zero attached hydrogens (tertiary/aromatic N) is 1. The Morgan fingerprint density at radius 3 is 3.12 bits per heavy atom. The molecule has 1 aliphatic rings. The molecular weight excluding hydrogens is 222 g/mol. The highest BCUT2D eigenvalue weighted by molar-refractivity contribution is 7.09. The number of thiazole rings is 1. The molecule has 0 saturated heterocycles. The van der Waals surface area contributed by atoms with Gasteiger partial charge in [-0.3, -0.25) is 4.79 Å². The van der Waals surface area contributed by atoms with Crippen molar-refractivity contribution in [1.29, 1.82) is 0 Å². The fraction of sp³-hybridized carbons (Fsp3) is 0.333. The number of ether oxygens (including phenoxy) is 1. The first-order valence-corrected chi connectivity index (χ1v) is 5.98. The van der Waals surface area contributed by atoms with Gasteiger partial charge in [-0.25, -0.2) is 4.98 Å². The van der Waals surface area contributed by atoms with Crippen LogP contribution < -0.4 is 0 Å². The number of aromatic nitrogens is 1. The minimum Gasteiger partial charge on any atom is -0.493 e. The minimum absolute atomic E-state index is 0.110. The molecule has 0 fully saturated rings. The molecule has 1 aromatic heterocycles. The van der Waals surface area contributed by atoms with Crippen LogP contribution in [0.25, 0.3) is 6.08 Å². The molecule has 0 N–H and O–H groups in total. The van der Waals surface area contributed by atoms with Crippen molar-refractivity contribution in [3.05, 3.63) is 34.0 Å². The lowest BCUT2D eigenvalue weighted by Crippen LogP contribution is -2.19. The van der Waals surface area contributed by atoms with Gasteiger partial charge in [-0.1, -0.05) is 0 Å². The summed E-state index contributed by atoms with van der Waals surface area (Å²) in [4.78, 5) is 15.6. The molecule has 0 bridgehead atoms. The fourth-order valence-electron chi connectivity index (χ4n) is 1.55. The van der Waals surface area contributed by atoms with Gasteiger partial charge in [0.25, 0.3) is 0 Å². The first-order valence-electron chi connectivity index (χ1n) is 5.10. The molecule has 1 atom stereocenters. The Bertz CT molecular complexity index is 459. The van der Waals surface area contributed by atoms with Crippen molar-refractivity contribution in [2.24, 2.45) is 0 Å². The highest BCUT2D eigenvalue weighted by Crippen LogP contribution is 2.19. The summed E-state index contributed by atoms with van der Waals surface area (Å²) >= 11 is 1.62. The fourth-order valence-corrected chi connectivity index (χ4v) is 2.12. The third kappa shape index (κ3) is 2.58. The lowest BCUT2D eigenvalue weighted by molar-refractivity contribution is -0.117. The number of carbonyl (C=O) groups is 1. The van der Waals surface area contributed by atoms with Crippen LogP contribution in [0.1, 0.15) is 24.0 Å². The maximum Gasteiger partial charge on any atom is 0.162 e. The van der Waals surface area contributed by atoms with E-state index in [0.29, 0.717) is 6.42 Å². The largest absolute Gasteiger partial charge is 0.493 e. The maximum absolute atomic E-state index is 11.2. The van der Waals surface area contributed by atoms with Gasteiger partial charge in [0, 0.05) is 11.5 Å². The van der Waals surface area contributed by atoms with E-state index in [1.165, 1.54) is 12.3 Å². The van der Waals surface area contributed by atoms with Crippen LogP contribution in [0.4, 0.5) is 0 Å². The molecule has 1 aliphatic heterocycles. The second kappa shape index (κ2) is 4.61. The molecule has 2 heterocycles. The molecule has 1 unspecified atom stereocenters. The van der Waals surface area contributed by atoms with Crippen molar-refractivity contribution in [2.45, 2.75) is 26.4 Å². The van der Waals surface area contributed by atoms with Gasteiger partial charge >= 0.3 is 0 Å². The molecule has 2 rings (SSSR count). The summed E-state index contributed by atoms with van der Waals surface area (Å²) in [6.45, 7) is 3.94. The molecular formula is C12H13NO2S. The molecule has 1 aromatic rings. The second-order valence-electron chi connectivity index (χ2n) is 3.78. The van der Waals surface area contributed by atoms with E-state index in [-0.39, 0.29) is 11.9 Å². The molecule has 3 nitrogen and oxygen atoms in total. The van der Waals surface area contributed by atoms with Gasteiger partial charge in [-0.15, -0.1) is 11.3 Å². The van der Waals surface area contributed by atoms with Gasteiger partial charge in [0.05, 0.1) is 23.4 Å². The van der Waals surface area contributed by atoms with Crippen LogP contribution in [0.5, 0.6) is 0 Å². The Morgan fingerprint density at radius 1 is 1.69 bits per heavy atom. The zero-order chi connectivity index (χ0) is 11.5. The quantitative estimate of drug-likeness (QED) is 0.791. The van der Waals surface area contributed by atoms with Crippen LogP contribution in [0, 0.1) is 6.92 Å². The zero-order valence-corrected chi connectivity index (χ0v) is 10.1. The molecule has 0 amide bonds. The molecule has 0 radical (unpaired) electrons. The molecule has 0 spiro atoms. The van der Waals surface area contributed by atoms with Gasteiger partial charge in [-0.05, 0) is 25.5 Å². The highest BCUT2D eigenvalue weighted by Gasteiger charge is 2.18. The molecule has 4 heteroatoms. The van der Waals surface area contributed by atoms with Crippen molar-refractivity contribution in [1.82, 2.24) is 4.98 Å². The van der Waals surface area contributed by atoms with Crippen molar-refractivity contribution in [3.63, 3.8) is 0 Å². The summed E-state index contributed by atoms with van der Waals surface area (Å²) in [5.41, 5.74) is 1.97. The number of ketones is 1. The third-order valence-corrected chi connectivity index (χ3v) is 3.20. The van der Waals surface area contributed by atoms with Crippen molar-refractivity contribution in [2.75, 3.05) is 0 Å². The standard InChI is InChI=1S/C12H13NO2S/c1-8(5-10-7-16-9(2)13-10)12-6-11(14)3-4-15-12/h3-5,7,12H,6H2,1-2H3/b8-5+. The number of hydrogen-bond acceptors (Lipinski definition) is 4. The SMILES string of the molecule is C/C(=C\c1csc(C)n1)C1CC(=O)C=CO1. The first-order chi connectivity index (χ1) is 7.65. The van der Waals surface area contributed by atoms with E-state index in [2.05, 4.69) is 4.98 Å². The van der Waals surface area contributed by atoms with Gasteiger partial charge in [0.1, 0.15) is 6.10 Å². The summed E-state index contributed by atoms with van der Waals surface area (Å²) < 4.78 is 5.40. The van der Waals surface area contributed by atoms with E-state index in [1.54, 1.807) is 11.3 Å².